The van der Waals surface area contributed by atoms with Crippen LogP contribution in [0.4, 0.5) is 0 Å². The molecule has 2 heterocycles. The molecule has 0 aliphatic carbocycles. The zero-order valence-corrected chi connectivity index (χ0v) is 9.01. The van der Waals surface area contributed by atoms with Crippen molar-refractivity contribution in [1.82, 2.24) is 14.8 Å². The zero-order valence-electron chi connectivity index (χ0n) is 9.01. The van der Waals surface area contributed by atoms with Crippen molar-refractivity contribution in [2.24, 2.45) is 7.05 Å². The summed E-state index contributed by atoms with van der Waals surface area (Å²) < 4.78 is 11.3. The molecule has 0 N–H and O–H groups in total. The molecule has 0 bridgehead atoms. The van der Waals surface area contributed by atoms with Gasteiger partial charge in [0.25, 0.3) is 5.89 Å². The van der Waals surface area contributed by atoms with Crippen molar-refractivity contribution in [2.75, 3.05) is 6.61 Å². The molecular weight excluding hydrogens is 210 g/mol. The van der Waals surface area contributed by atoms with Gasteiger partial charge in [0.15, 0.2) is 0 Å². The predicted octanol–water partition coefficient (Wildman–Crippen LogP) is 0.834. The summed E-state index contributed by atoms with van der Waals surface area (Å²) in [6.07, 6.45) is 1.58. The average Bonchev–Trinajstić information content (AvgIpc) is 2.60. The molecule has 0 aliphatic heterocycles. The minimum atomic E-state index is -0.515. The molecule has 0 fully saturated rings. The van der Waals surface area contributed by atoms with E-state index >= 15 is 0 Å². The lowest BCUT2D eigenvalue weighted by molar-refractivity contribution is 0.340. The van der Waals surface area contributed by atoms with E-state index in [0.717, 1.165) is 4.68 Å². The molecule has 0 aromatic carbocycles. The Labute approximate surface area is 91.5 Å². The molecule has 2 rings (SSSR count). The van der Waals surface area contributed by atoms with Gasteiger partial charge in [0.1, 0.15) is 11.4 Å². The van der Waals surface area contributed by atoms with Crippen LogP contribution in [-0.2, 0) is 7.05 Å². The van der Waals surface area contributed by atoms with Crippen molar-refractivity contribution >= 4 is 0 Å². The van der Waals surface area contributed by atoms with E-state index < -0.39 is 5.76 Å². The maximum absolute atomic E-state index is 11.1. The van der Waals surface area contributed by atoms with Gasteiger partial charge in [-0.25, -0.2) is 4.79 Å². The van der Waals surface area contributed by atoms with E-state index in [1.807, 2.05) is 6.92 Å². The summed E-state index contributed by atoms with van der Waals surface area (Å²) in [6, 6.07) is 3.41. The Hall–Kier alpha value is -2.11. The Morgan fingerprint density at radius 1 is 1.56 bits per heavy atom. The summed E-state index contributed by atoms with van der Waals surface area (Å²) in [5.41, 5.74) is 0.476. The lowest BCUT2D eigenvalue weighted by Crippen LogP contribution is -2.09. The standard InChI is InChI=1S/C10H11N3O3/c1-3-15-7-4-5-11-8(6-7)9-12-13(2)10(14)16-9/h4-6H,3H2,1-2H3. The van der Waals surface area contributed by atoms with Crippen LogP contribution in [0.3, 0.4) is 0 Å². The highest BCUT2D eigenvalue weighted by atomic mass is 16.5. The molecule has 0 unspecified atom stereocenters. The van der Waals surface area contributed by atoms with E-state index in [1.54, 1.807) is 18.3 Å². The monoisotopic (exact) mass is 221 g/mol. The minimum absolute atomic E-state index is 0.189. The molecule has 0 aliphatic rings. The second-order valence-corrected chi connectivity index (χ2v) is 3.11. The third kappa shape index (κ3) is 1.95. The van der Waals surface area contributed by atoms with Crippen molar-refractivity contribution in [3.05, 3.63) is 28.9 Å². The molecule has 0 amide bonds. The highest BCUT2D eigenvalue weighted by Gasteiger charge is 2.09. The molecule has 0 spiro atoms. The van der Waals surface area contributed by atoms with E-state index in [-0.39, 0.29) is 5.89 Å². The average molecular weight is 221 g/mol. The summed E-state index contributed by atoms with van der Waals surface area (Å²) in [6.45, 7) is 2.45. The highest BCUT2D eigenvalue weighted by molar-refractivity contribution is 5.48. The smallest absolute Gasteiger partial charge is 0.437 e. The van der Waals surface area contributed by atoms with E-state index in [1.165, 1.54) is 7.05 Å². The number of ether oxygens (including phenoxy) is 1. The fraction of sp³-hybridized carbons (Fsp3) is 0.300. The quantitative estimate of drug-likeness (QED) is 0.767. The molecule has 6 heteroatoms. The first-order valence-corrected chi connectivity index (χ1v) is 4.84. The van der Waals surface area contributed by atoms with Crippen molar-refractivity contribution in [3.63, 3.8) is 0 Å². The second kappa shape index (κ2) is 4.18. The number of pyridine rings is 1. The molecule has 0 radical (unpaired) electrons. The summed E-state index contributed by atoms with van der Waals surface area (Å²) in [4.78, 5) is 15.2. The Morgan fingerprint density at radius 3 is 3.00 bits per heavy atom. The Morgan fingerprint density at radius 2 is 2.38 bits per heavy atom. The van der Waals surface area contributed by atoms with E-state index in [2.05, 4.69) is 10.1 Å². The van der Waals surface area contributed by atoms with Gasteiger partial charge in [-0.2, -0.15) is 4.68 Å². The molecule has 0 saturated heterocycles. The summed E-state index contributed by atoms with van der Waals surface area (Å²) in [5.74, 6) is 0.341. The molecule has 0 atom stereocenters. The predicted molar refractivity (Wildman–Crippen MR) is 56.1 cm³/mol. The lowest BCUT2D eigenvalue weighted by Gasteiger charge is -2.02. The topological polar surface area (TPSA) is 70.2 Å². The van der Waals surface area contributed by atoms with E-state index in [9.17, 15) is 4.79 Å². The zero-order chi connectivity index (χ0) is 11.5. The van der Waals surface area contributed by atoms with Crippen LogP contribution in [-0.4, -0.2) is 21.4 Å². The number of rotatable bonds is 3. The molecule has 16 heavy (non-hydrogen) atoms. The normalized spacial score (nSPS) is 10.4. The van der Waals surface area contributed by atoms with Crippen molar-refractivity contribution in [3.8, 4) is 17.3 Å². The van der Waals surface area contributed by atoms with Crippen LogP contribution < -0.4 is 10.5 Å². The van der Waals surface area contributed by atoms with Crippen LogP contribution in [0, 0.1) is 0 Å². The Balaban J connectivity index is 2.40. The maximum atomic E-state index is 11.1. The van der Waals surface area contributed by atoms with Gasteiger partial charge in [-0.15, -0.1) is 5.10 Å². The second-order valence-electron chi connectivity index (χ2n) is 3.11. The van der Waals surface area contributed by atoms with Crippen LogP contribution in [0.5, 0.6) is 5.75 Å². The van der Waals surface area contributed by atoms with Gasteiger partial charge in [-0.1, -0.05) is 0 Å². The van der Waals surface area contributed by atoms with Crippen LogP contribution in [0.1, 0.15) is 6.92 Å². The fourth-order valence-corrected chi connectivity index (χ4v) is 1.23. The third-order valence-corrected chi connectivity index (χ3v) is 1.95. The molecule has 0 saturated carbocycles. The van der Waals surface area contributed by atoms with Crippen molar-refractivity contribution in [2.45, 2.75) is 6.92 Å². The van der Waals surface area contributed by atoms with Gasteiger partial charge in [-0.3, -0.25) is 4.98 Å². The molecule has 2 aromatic rings. The summed E-state index contributed by atoms with van der Waals surface area (Å²) in [5, 5.41) is 3.90. The van der Waals surface area contributed by atoms with Crippen molar-refractivity contribution < 1.29 is 9.15 Å². The SMILES string of the molecule is CCOc1ccnc(-c2nn(C)c(=O)o2)c1. The first kappa shape index (κ1) is 10.4. The van der Waals surface area contributed by atoms with E-state index in [4.69, 9.17) is 9.15 Å². The molecule has 84 valence electrons. The lowest BCUT2D eigenvalue weighted by atomic mass is 10.3. The van der Waals surface area contributed by atoms with Gasteiger partial charge < -0.3 is 9.15 Å². The van der Waals surface area contributed by atoms with Gasteiger partial charge in [0.05, 0.1) is 6.61 Å². The third-order valence-electron chi connectivity index (χ3n) is 1.95. The van der Waals surface area contributed by atoms with Crippen LogP contribution in [0.15, 0.2) is 27.5 Å². The van der Waals surface area contributed by atoms with Crippen LogP contribution >= 0.6 is 0 Å². The Bertz CT molecular complexity index is 544. The Kier molecular flexibility index (Phi) is 2.72. The largest absolute Gasteiger partial charge is 0.494 e. The number of nitrogens with zero attached hydrogens (tertiary/aromatic N) is 3. The first-order chi connectivity index (χ1) is 7.70. The molecule has 6 nitrogen and oxygen atoms in total. The first-order valence-electron chi connectivity index (χ1n) is 4.84. The maximum Gasteiger partial charge on any atom is 0.437 e. The summed E-state index contributed by atoms with van der Waals surface area (Å²) in [7, 11) is 1.52. The van der Waals surface area contributed by atoms with Gasteiger partial charge in [-0.05, 0) is 13.0 Å². The highest BCUT2D eigenvalue weighted by Crippen LogP contribution is 2.18. The minimum Gasteiger partial charge on any atom is -0.494 e. The van der Waals surface area contributed by atoms with E-state index in [0.29, 0.717) is 18.1 Å². The van der Waals surface area contributed by atoms with Crippen LogP contribution in [0.25, 0.3) is 11.6 Å². The van der Waals surface area contributed by atoms with Crippen molar-refractivity contribution in [1.29, 1.82) is 0 Å². The molecular formula is C10H11N3O3. The summed E-state index contributed by atoms with van der Waals surface area (Å²) >= 11 is 0. The van der Waals surface area contributed by atoms with Gasteiger partial charge in [0, 0.05) is 19.3 Å². The fourth-order valence-electron chi connectivity index (χ4n) is 1.23. The molecule has 2 aromatic heterocycles. The number of aryl methyl sites for hydroxylation is 1. The number of hydrogen-bond acceptors (Lipinski definition) is 5. The van der Waals surface area contributed by atoms with Gasteiger partial charge in [0.2, 0.25) is 0 Å². The van der Waals surface area contributed by atoms with Crippen LogP contribution in [0.2, 0.25) is 0 Å². The number of hydrogen-bond donors (Lipinski definition) is 0. The van der Waals surface area contributed by atoms with Gasteiger partial charge >= 0.3 is 5.76 Å². The number of aromatic nitrogens is 3.